The van der Waals surface area contributed by atoms with E-state index in [9.17, 15) is 8.42 Å². The molecule has 96 valence electrons. The summed E-state index contributed by atoms with van der Waals surface area (Å²) in [6, 6.07) is 3.35. The van der Waals surface area contributed by atoms with Gasteiger partial charge in [0.1, 0.15) is 5.76 Å². The summed E-state index contributed by atoms with van der Waals surface area (Å²) >= 11 is 0. The van der Waals surface area contributed by atoms with Gasteiger partial charge in [0.25, 0.3) is 0 Å². The zero-order chi connectivity index (χ0) is 12.3. The molecule has 0 aromatic carbocycles. The number of hydrogen-bond acceptors (Lipinski definition) is 5. The van der Waals surface area contributed by atoms with Crippen LogP contribution in [-0.4, -0.2) is 25.5 Å². The first kappa shape index (κ1) is 12.6. The molecule has 0 radical (unpaired) electrons. The number of rotatable bonds is 4. The van der Waals surface area contributed by atoms with Gasteiger partial charge in [-0.1, -0.05) is 6.42 Å². The lowest BCUT2D eigenvalue weighted by Gasteiger charge is -2.29. The van der Waals surface area contributed by atoms with E-state index in [1.807, 2.05) is 6.07 Å². The highest BCUT2D eigenvalue weighted by Crippen LogP contribution is 2.24. The van der Waals surface area contributed by atoms with Crippen LogP contribution in [-0.2, 0) is 16.3 Å². The van der Waals surface area contributed by atoms with Crippen molar-refractivity contribution >= 4 is 9.84 Å². The molecule has 0 bridgehead atoms. The van der Waals surface area contributed by atoms with Crippen molar-refractivity contribution in [3.05, 3.63) is 24.2 Å². The summed E-state index contributed by atoms with van der Waals surface area (Å²) < 4.78 is 29.2. The number of nitrogens with one attached hydrogen (secondary N) is 1. The maximum absolute atomic E-state index is 12.0. The zero-order valence-electron chi connectivity index (χ0n) is 9.63. The van der Waals surface area contributed by atoms with E-state index in [0.29, 0.717) is 12.8 Å². The molecule has 2 heterocycles. The van der Waals surface area contributed by atoms with Crippen LogP contribution >= 0.6 is 0 Å². The van der Waals surface area contributed by atoms with Gasteiger partial charge in [0.05, 0.1) is 17.3 Å². The third-order valence-corrected chi connectivity index (χ3v) is 5.64. The van der Waals surface area contributed by atoms with Crippen molar-refractivity contribution in [1.82, 2.24) is 5.43 Å². The predicted molar refractivity (Wildman–Crippen MR) is 64.9 cm³/mol. The van der Waals surface area contributed by atoms with E-state index in [1.54, 1.807) is 12.3 Å². The van der Waals surface area contributed by atoms with Crippen molar-refractivity contribution in [2.75, 3.05) is 5.75 Å². The Labute approximate surface area is 101 Å². The quantitative estimate of drug-likeness (QED) is 0.611. The van der Waals surface area contributed by atoms with Crippen LogP contribution < -0.4 is 11.3 Å². The molecule has 1 aliphatic heterocycles. The Morgan fingerprint density at radius 2 is 2.35 bits per heavy atom. The average molecular weight is 258 g/mol. The first-order valence-corrected chi connectivity index (χ1v) is 7.55. The summed E-state index contributed by atoms with van der Waals surface area (Å²) in [5, 5.41) is -0.397. The van der Waals surface area contributed by atoms with Crippen LogP contribution in [0.1, 0.15) is 25.0 Å². The first-order chi connectivity index (χ1) is 8.13. The molecule has 5 nitrogen and oxygen atoms in total. The number of furan rings is 1. The second-order valence-electron chi connectivity index (χ2n) is 4.46. The first-order valence-electron chi connectivity index (χ1n) is 5.83. The Morgan fingerprint density at radius 3 is 2.94 bits per heavy atom. The molecule has 0 aliphatic carbocycles. The van der Waals surface area contributed by atoms with Crippen LogP contribution in [0.4, 0.5) is 0 Å². The van der Waals surface area contributed by atoms with E-state index >= 15 is 0 Å². The topological polar surface area (TPSA) is 85.3 Å². The highest BCUT2D eigenvalue weighted by atomic mass is 32.2. The maximum Gasteiger partial charge on any atom is 0.154 e. The van der Waals surface area contributed by atoms with Gasteiger partial charge in [0.15, 0.2) is 9.84 Å². The van der Waals surface area contributed by atoms with Crippen LogP contribution in [0.2, 0.25) is 0 Å². The molecule has 1 aliphatic rings. The Kier molecular flexibility index (Phi) is 3.86. The largest absolute Gasteiger partial charge is 0.469 e. The van der Waals surface area contributed by atoms with Crippen LogP contribution in [0.5, 0.6) is 0 Å². The van der Waals surface area contributed by atoms with Gasteiger partial charge < -0.3 is 4.42 Å². The van der Waals surface area contributed by atoms with Gasteiger partial charge in [-0.05, 0) is 25.0 Å². The number of sulfone groups is 1. The highest BCUT2D eigenvalue weighted by Gasteiger charge is 2.35. The molecular weight excluding hydrogens is 240 g/mol. The molecule has 17 heavy (non-hydrogen) atoms. The molecule has 0 amide bonds. The molecule has 1 saturated heterocycles. The summed E-state index contributed by atoms with van der Waals surface area (Å²) in [5.74, 6) is 6.52. The zero-order valence-corrected chi connectivity index (χ0v) is 10.4. The second kappa shape index (κ2) is 5.20. The van der Waals surface area contributed by atoms with Crippen LogP contribution in [0, 0.1) is 0 Å². The average Bonchev–Trinajstić information content (AvgIpc) is 2.79. The smallest absolute Gasteiger partial charge is 0.154 e. The fraction of sp³-hybridized carbons (Fsp3) is 0.636. The van der Waals surface area contributed by atoms with Crippen molar-refractivity contribution in [3.63, 3.8) is 0 Å². The lowest BCUT2D eigenvalue weighted by molar-refractivity contribution is 0.406. The maximum atomic E-state index is 12.0. The summed E-state index contributed by atoms with van der Waals surface area (Å²) in [5.41, 5.74) is 2.63. The third kappa shape index (κ3) is 2.88. The fourth-order valence-corrected chi connectivity index (χ4v) is 4.48. The van der Waals surface area contributed by atoms with Crippen molar-refractivity contribution in [2.45, 2.75) is 37.0 Å². The molecule has 2 unspecified atom stereocenters. The summed E-state index contributed by atoms with van der Waals surface area (Å²) in [7, 11) is -3.02. The molecular formula is C11H18N2O3S. The molecule has 2 atom stereocenters. The normalized spacial score (nSPS) is 25.6. The Bertz CT molecular complexity index is 441. The SMILES string of the molecule is NNC(Cc1ccco1)C1CCCCS1(=O)=O. The number of hydrogen-bond donors (Lipinski definition) is 2. The van der Waals surface area contributed by atoms with Gasteiger partial charge in [-0.15, -0.1) is 0 Å². The predicted octanol–water partition coefficient (Wildman–Crippen LogP) is 0.621. The third-order valence-electron chi connectivity index (χ3n) is 3.29. The molecule has 2 rings (SSSR count). The second-order valence-corrected chi connectivity index (χ2v) is 6.80. The molecule has 6 heteroatoms. The summed E-state index contributed by atoms with van der Waals surface area (Å²) in [6.07, 6.45) is 4.47. The van der Waals surface area contributed by atoms with Gasteiger partial charge >= 0.3 is 0 Å². The van der Waals surface area contributed by atoms with E-state index in [1.165, 1.54) is 0 Å². The summed E-state index contributed by atoms with van der Waals surface area (Å²) in [6.45, 7) is 0. The molecule has 0 spiro atoms. The van der Waals surface area contributed by atoms with Crippen molar-refractivity contribution < 1.29 is 12.8 Å². The van der Waals surface area contributed by atoms with E-state index < -0.39 is 15.1 Å². The minimum atomic E-state index is -3.02. The van der Waals surface area contributed by atoms with E-state index in [0.717, 1.165) is 18.6 Å². The van der Waals surface area contributed by atoms with Gasteiger partial charge in [0, 0.05) is 12.5 Å². The van der Waals surface area contributed by atoms with Crippen molar-refractivity contribution in [3.8, 4) is 0 Å². The molecule has 1 aromatic rings. The van der Waals surface area contributed by atoms with Gasteiger partial charge in [-0.2, -0.15) is 0 Å². The van der Waals surface area contributed by atoms with Gasteiger partial charge in [-0.3, -0.25) is 11.3 Å². The minimum absolute atomic E-state index is 0.272. The van der Waals surface area contributed by atoms with Gasteiger partial charge in [0.2, 0.25) is 0 Å². The minimum Gasteiger partial charge on any atom is -0.469 e. The van der Waals surface area contributed by atoms with Crippen molar-refractivity contribution in [2.24, 2.45) is 5.84 Å². The lowest BCUT2D eigenvalue weighted by Crippen LogP contribution is -2.50. The van der Waals surface area contributed by atoms with Crippen LogP contribution in [0.15, 0.2) is 22.8 Å². The van der Waals surface area contributed by atoms with Crippen LogP contribution in [0.25, 0.3) is 0 Å². The van der Waals surface area contributed by atoms with E-state index in [-0.39, 0.29) is 11.8 Å². The number of hydrazine groups is 1. The fourth-order valence-electron chi connectivity index (χ4n) is 2.37. The van der Waals surface area contributed by atoms with E-state index in [4.69, 9.17) is 10.3 Å². The van der Waals surface area contributed by atoms with Gasteiger partial charge in [-0.25, -0.2) is 8.42 Å². The van der Waals surface area contributed by atoms with Crippen LogP contribution in [0.3, 0.4) is 0 Å². The molecule has 0 saturated carbocycles. The Balaban J connectivity index is 2.12. The molecule has 1 fully saturated rings. The van der Waals surface area contributed by atoms with E-state index in [2.05, 4.69) is 5.43 Å². The number of nitrogens with two attached hydrogens (primary N) is 1. The summed E-state index contributed by atoms with van der Waals surface area (Å²) in [4.78, 5) is 0. The molecule has 3 N–H and O–H groups in total. The monoisotopic (exact) mass is 258 g/mol. The Hall–Kier alpha value is -0.850. The Morgan fingerprint density at radius 1 is 1.53 bits per heavy atom. The highest BCUT2D eigenvalue weighted by molar-refractivity contribution is 7.92. The lowest BCUT2D eigenvalue weighted by atomic mass is 10.0. The van der Waals surface area contributed by atoms with Crippen molar-refractivity contribution in [1.29, 1.82) is 0 Å². The standard InChI is InChI=1S/C11H18N2O3S/c12-13-10(8-9-4-3-6-16-9)11-5-1-2-7-17(11,14)15/h3-4,6,10-11,13H,1-2,5,7-8,12H2. The molecule has 1 aromatic heterocycles.